The lowest BCUT2D eigenvalue weighted by Gasteiger charge is -2.44. The summed E-state index contributed by atoms with van der Waals surface area (Å²) >= 11 is 0. The van der Waals surface area contributed by atoms with Crippen LogP contribution in [0.3, 0.4) is 0 Å². The van der Waals surface area contributed by atoms with Crippen molar-refractivity contribution in [2.45, 2.75) is 95.9 Å². The number of piperazine rings is 1. The van der Waals surface area contributed by atoms with Gasteiger partial charge in [0.05, 0.1) is 33.6 Å². The fraction of sp³-hybridized carbons (Fsp3) is 0.383. The number of hydrogen-bond donors (Lipinski definition) is 3. The number of imide groups is 2. The molecule has 3 aliphatic rings. The van der Waals surface area contributed by atoms with Crippen molar-refractivity contribution < 1.29 is 46.3 Å². The minimum atomic E-state index is -4.98. The highest BCUT2D eigenvalue weighted by molar-refractivity contribution is 6.24. The van der Waals surface area contributed by atoms with Crippen molar-refractivity contribution in [3.63, 3.8) is 0 Å². The number of nitrogens with one attached hydrogen (secondary N) is 3. The number of anilines is 2. The number of rotatable bonds is 14. The molecule has 13 nitrogen and oxygen atoms in total. The summed E-state index contributed by atoms with van der Waals surface area (Å²) in [5, 5.41) is 4.79. The molecule has 5 amide bonds. The van der Waals surface area contributed by atoms with E-state index >= 15 is 4.39 Å². The van der Waals surface area contributed by atoms with Gasteiger partial charge in [0.2, 0.25) is 17.4 Å². The number of hydrogen-bond acceptors (Lipinski definition) is 9. The van der Waals surface area contributed by atoms with E-state index < -0.39 is 64.3 Å². The topological polar surface area (TPSA) is 169 Å². The summed E-state index contributed by atoms with van der Waals surface area (Å²) in [5.41, 5.74) is -0.733. The molecule has 17 heteroatoms. The lowest BCUT2D eigenvalue weighted by molar-refractivity contribution is -0.138. The van der Waals surface area contributed by atoms with Crippen LogP contribution in [0.15, 0.2) is 71.7 Å². The molecule has 2 saturated heterocycles. The van der Waals surface area contributed by atoms with E-state index in [2.05, 4.69) is 20.5 Å². The smallest absolute Gasteiger partial charge is 0.367 e. The lowest BCUT2D eigenvalue weighted by atomic mass is 9.96. The first kappa shape index (κ1) is 45.5. The summed E-state index contributed by atoms with van der Waals surface area (Å²) in [6, 6.07) is 13.5. The second-order valence-corrected chi connectivity index (χ2v) is 16.7. The summed E-state index contributed by atoms with van der Waals surface area (Å²) in [5.74, 6) is -4.28. The SMILES string of the molecule is C[C@@H]1CN(c2ccc(-c3ccc(C(=O)CCCCCCCc4cccc5c4C(=O)N(C4CCC(=O)NC4=O)C5=O)cc3F)cc2NC(=O)c2c[nH]c(=O)cc2C(F)(F)F)C[C@H](C)N1C. The van der Waals surface area contributed by atoms with Gasteiger partial charge in [-0.25, -0.2) is 4.39 Å². The van der Waals surface area contributed by atoms with Gasteiger partial charge < -0.3 is 15.2 Å². The van der Waals surface area contributed by atoms with Gasteiger partial charge in [-0.3, -0.25) is 48.7 Å². The number of unbranched alkanes of at least 4 members (excludes halogenated alkanes) is 4. The van der Waals surface area contributed by atoms with E-state index in [4.69, 9.17) is 0 Å². The highest BCUT2D eigenvalue weighted by atomic mass is 19.4. The molecule has 4 aromatic rings. The molecule has 2 fully saturated rings. The maximum atomic E-state index is 15.8. The molecule has 0 saturated carbocycles. The average molecular weight is 885 g/mol. The molecule has 4 heterocycles. The largest absolute Gasteiger partial charge is 0.417 e. The van der Waals surface area contributed by atoms with Gasteiger partial charge in [0, 0.05) is 61.4 Å². The molecule has 0 bridgehead atoms. The summed E-state index contributed by atoms with van der Waals surface area (Å²) < 4.78 is 57.5. The van der Waals surface area contributed by atoms with Crippen LogP contribution >= 0.6 is 0 Å². The van der Waals surface area contributed by atoms with Crippen LogP contribution in [-0.4, -0.2) is 88.4 Å². The van der Waals surface area contributed by atoms with Gasteiger partial charge in [0.15, 0.2) is 5.78 Å². The van der Waals surface area contributed by atoms with Gasteiger partial charge >= 0.3 is 6.18 Å². The van der Waals surface area contributed by atoms with Crippen LogP contribution in [0, 0.1) is 5.82 Å². The summed E-state index contributed by atoms with van der Waals surface area (Å²) in [6.45, 7) is 5.13. The second kappa shape index (κ2) is 18.7. The molecule has 1 aromatic heterocycles. The molecule has 0 spiro atoms. The number of likely N-dealkylation sites (N-methyl/N-ethyl adjacent to an activating group) is 1. The predicted molar refractivity (Wildman–Crippen MR) is 230 cm³/mol. The van der Waals surface area contributed by atoms with E-state index in [1.165, 1.54) is 18.2 Å². The number of H-pyrrole nitrogens is 1. The van der Waals surface area contributed by atoms with Crippen LogP contribution < -0.4 is 21.1 Å². The lowest BCUT2D eigenvalue weighted by Crippen LogP contribution is -2.55. The summed E-state index contributed by atoms with van der Waals surface area (Å²) in [7, 11) is 1.99. The van der Waals surface area contributed by atoms with Crippen LogP contribution in [-0.2, 0) is 22.2 Å². The molecular weight excluding hydrogens is 837 g/mol. The number of aromatic amines is 1. The van der Waals surface area contributed by atoms with E-state index in [-0.39, 0.29) is 65.1 Å². The molecule has 0 aliphatic carbocycles. The van der Waals surface area contributed by atoms with Gasteiger partial charge in [0.25, 0.3) is 17.7 Å². The zero-order chi connectivity index (χ0) is 46.0. The maximum absolute atomic E-state index is 15.8. The minimum absolute atomic E-state index is 0.0357. The number of halogens is 4. The Morgan fingerprint density at radius 3 is 2.27 bits per heavy atom. The number of aromatic nitrogens is 1. The normalized spacial score (nSPS) is 19.2. The Balaban J connectivity index is 0.968. The average Bonchev–Trinajstić information content (AvgIpc) is 3.50. The van der Waals surface area contributed by atoms with Crippen molar-refractivity contribution in [1.29, 1.82) is 0 Å². The Hall–Kier alpha value is -6.49. The van der Waals surface area contributed by atoms with Gasteiger partial charge in [-0.05, 0) is 82.0 Å². The highest BCUT2D eigenvalue weighted by Crippen LogP contribution is 2.37. The molecule has 3 atom stereocenters. The summed E-state index contributed by atoms with van der Waals surface area (Å²) in [6.07, 6.45) is 0.0804. The van der Waals surface area contributed by atoms with Crippen molar-refractivity contribution in [2.75, 3.05) is 30.4 Å². The monoisotopic (exact) mass is 884 g/mol. The Bertz CT molecular complexity index is 2580. The number of benzene rings is 3. The number of alkyl halides is 3. The number of aryl methyl sites for hydroxylation is 1. The van der Waals surface area contributed by atoms with Crippen LogP contribution in [0.25, 0.3) is 11.1 Å². The van der Waals surface area contributed by atoms with Crippen LogP contribution in [0.4, 0.5) is 28.9 Å². The molecule has 3 aliphatic heterocycles. The van der Waals surface area contributed by atoms with Crippen molar-refractivity contribution in [3.05, 3.63) is 116 Å². The number of Topliss-reactive ketones (excluding diaryl/α,β-unsaturated/α-hetero) is 1. The van der Waals surface area contributed by atoms with E-state index in [0.29, 0.717) is 61.4 Å². The van der Waals surface area contributed by atoms with Crippen molar-refractivity contribution >= 4 is 46.7 Å². The Kier molecular flexibility index (Phi) is 13.3. The van der Waals surface area contributed by atoms with Gasteiger partial charge in [-0.15, -0.1) is 0 Å². The van der Waals surface area contributed by atoms with Crippen molar-refractivity contribution in [3.8, 4) is 11.1 Å². The molecule has 3 N–H and O–H groups in total. The van der Waals surface area contributed by atoms with E-state index in [0.717, 1.165) is 30.2 Å². The van der Waals surface area contributed by atoms with Crippen LogP contribution in [0.2, 0.25) is 0 Å². The second-order valence-electron chi connectivity index (χ2n) is 16.7. The maximum Gasteiger partial charge on any atom is 0.417 e. The number of fused-ring (bicyclic) bond motifs is 1. The third-order valence-electron chi connectivity index (χ3n) is 12.4. The molecule has 3 aromatic carbocycles. The Morgan fingerprint density at radius 2 is 1.56 bits per heavy atom. The molecule has 7 rings (SSSR count). The van der Waals surface area contributed by atoms with Crippen molar-refractivity contribution in [1.82, 2.24) is 20.1 Å². The molecule has 0 radical (unpaired) electrons. The summed E-state index contributed by atoms with van der Waals surface area (Å²) in [4.78, 5) is 96.3. The van der Waals surface area contributed by atoms with E-state index in [9.17, 15) is 46.7 Å². The fourth-order valence-electron chi connectivity index (χ4n) is 8.76. The Labute approximate surface area is 366 Å². The number of ketones is 1. The number of pyridine rings is 1. The highest BCUT2D eigenvalue weighted by Gasteiger charge is 2.45. The number of piperidine rings is 1. The fourth-order valence-corrected chi connectivity index (χ4v) is 8.76. The Morgan fingerprint density at radius 1 is 0.844 bits per heavy atom. The number of carbonyl (C=O) groups excluding carboxylic acids is 6. The third-order valence-corrected chi connectivity index (χ3v) is 12.4. The number of carbonyl (C=O) groups is 6. The molecule has 1 unspecified atom stereocenters. The molecule has 336 valence electrons. The zero-order valence-corrected chi connectivity index (χ0v) is 35.6. The van der Waals surface area contributed by atoms with Gasteiger partial charge in [0.1, 0.15) is 11.9 Å². The molecular formula is C47H48F4N6O7. The van der Waals surface area contributed by atoms with E-state index in [1.807, 2.05) is 25.8 Å². The van der Waals surface area contributed by atoms with Crippen LogP contribution in [0.1, 0.15) is 118 Å². The minimum Gasteiger partial charge on any atom is -0.367 e. The number of amides is 5. The first-order chi connectivity index (χ1) is 30.4. The van der Waals surface area contributed by atoms with Gasteiger partial charge in [-0.1, -0.05) is 49.6 Å². The quantitative estimate of drug-likeness (QED) is 0.0516. The predicted octanol–water partition coefficient (Wildman–Crippen LogP) is 7.15. The first-order valence-electron chi connectivity index (χ1n) is 21.3. The van der Waals surface area contributed by atoms with Crippen LogP contribution in [0.5, 0.6) is 0 Å². The van der Waals surface area contributed by atoms with Crippen molar-refractivity contribution in [2.24, 2.45) is 0 Å². The third kappa shape index (κ3) is 9.54. The van der Waals surface area contributed by atoms with Gasteiger partial charge in [-0.2, -0.15) is 13.2 Å². The van der Waals surface area contributed by atoms with E-state index in [1.54, 1.807) is 30.3 Å². The first-order valence-corrected chi connectivity index (χ1v) is 21.3. The standard InChI is InChI=1S/C47H48F4N6O7/c1-26-24-56(25-27(2)55(26)3)37-17-15-29(21-36(37)53-43(61)33-23-52-41(60)22-34(33)47(49,50)51)31-16-14-30(20-35(31)48)39(58)13-8-6-4-5-7-10-28-11-9-12-32-42(28)46(64)57(45(32)63)38-18-19-40(59)54-44(38)62/h9,11-12,14-17,20-23,26-27,38H,4-8,10,13,18-19,24-25H2,1-3H3,(H,52,60)(H,53,61)(H,54,59,62)/t26-,27+,38?. The number of nitrogens with zero attached hydrogens (tertiary/aromatic N) is 3. The molecule has 64 heavy (non-hydrogen) atoms. The zero-order valence-electron chi connectivity index (χ0n) is 35.6.